The van der Waals surface area contributed by atoms with Gasteiger partial charge in [-0.2, -0.15) is 0 Å². The molecular formula is C14H23BrN2S. The van der Waals surface area contributed by atoms with Gasteiger partial charge in [0.1, 0.15) is 0 Å². The first kappa shape index (κ1) is 14.5. The highest BCUT2D eigenvalue weighted by Crippen LogP contribution is 2.25. The van der Waals surface area contributed by atoms with E-state index in [1.807, 2.05) is 11.3 Å². The molecule has 1 aromatic heterocycles. The molecule has 2 nitrogen and oxygen atoms in total. The minimum absolute atomic E-state index is 0.649. The Bertz CT molecular complexity index is 366. The Balaban J connectivity index is 1.97. The summed E-state index contributed by atoms with van der Waals surface area (Å²) in [7, 11) is 0. The van der Waals surface area contributed by atoms with E-state index in [0.717, 1.165) is 19.0 Å². The topological polar surface area (TPSA) is 15.3 Å². The van der Waals surface area contributed by atoms with E-state index in [9.17, 15) is 0 Å². The predicted octanol–water partition coefficient (Wildman–Crippen LogP) is 3.72. The number of nitrogens with one attached hydrogen (secondary N) is 1. The molecule has 0 amide bonds. The van der Waals surface area contributed by atoms with Crippen molar-refractivity contribution in [2.45, 2.75) is 39.3 Å². The molecule has 1 saturated heterocycles. The molecule has 102 valence electrons. The fourth-order valence-corrected chi connectivity index (χ4v) is 3.99. The monoisotopic (exact) mass is 330 g/mol. The first-order valence-corrected chi connectivity index (χ1v) is 8.55. The SMILES string of the molecule is CCC(C)C1CN(Cc2sccc2Br)CCCN1. The molecule has 1 N–H and O–H groups in total. The summed E-state index contributed by atoms with van der Waals surface area (Å²) in [4.78, 5) is 4.06. The Morgan fingerprint density at radius 3 is 3.11 bits per heavy atom. The Morgan fingerprint density at radius 2 is 2.44 bits per heavy atom. The lowest BCUT2D eigenvalue weighted by Crippen LogP contribution is -2.41. The minimum atomic E-state index is 0.649. The third kappa shape index (κ3) is 3.80. The van der Waals surface area contributed by atoms with Gasteiger partial charge in [0.25, 0.3) is 0 Å². The summed E-state index contributed by atoms with van der Waals surface area (Å²) in [5.41, 5.74) is 0. The van der Waals surface area contributed by atoms with Gasteiger partial charge >= 0.3 is 0 Å². The first-order valence-electron chi connectivity index (χ1n) is 6.88. The molecule has 2 heterocycles. The zero-order valence-electron chi connectivity index (χ0n) is 11.3. The van der Waals surface area contributed by atoms with Crippen LogP contribution in [-0.2, 0) is 6.54 Å². The molecule has 0 spiro atoms. The smallest absolute Gasteiger partial charge is 0.0339 e. The molecule has 0 radical (unpaired) electrons. The molecule has 0 aromatic carbocycles. The molecule has 0 saturated carbocycles. The van der Waals surface area contributed by atoms with Crippen molar-refractivity contribution in [2.75, 3.05) is 19.6 Å². The number of halogens is 1. The van der Waals surface area contributed by atoms with Gasteiger partial charge in [0, 0.05) is 28.5 Å². The molecule has 2 rings (SSSR count). The predicted molar refractivity (Wildman–Crippen MR) is 83.2 cm³/mol. The van der Waals surface area contributed by atoms with Crippen molar-refractivity contribution in [2.24, 2.45) is 5.92 Å². The number of thiophene rings is 1. The molecule has 2 atom stereocenters. The fraction of sp³-hybridized carbons (Fsp3) is 0.714. The lowest BCUT2D eigenvalue weighted by Gasteiger charge is -2.27. The van der Waals surface area contributed by atoms with Gasteiger partial charge in [-0.1, -0.05) is 20.3 Å². The molecule has 1 fully saturated rings. The molecule has 2 unspecified atom stereocenters. The number of rotatable bonds is 4. The molecular weight excluding hydrogens is 308 g/mol. The molecule has 0 bridgehead atoms. The average molecular weight is 331 g/mol. The lowest BCUT2D eigenvalue weighted by molar-refractivity contribution is 0.232. The van der Waals surface area contributed by atoms with Crippen molar-refractivity contribution >= 4 is 27.3 Å². The third-order valence-corrected chi connectivity index (χ3v) is 5.81. The Labute approximate surface area is 123 Å². The van der Waals surface area contributed by atoms with Gasteiger partial charge in [-0.25, -0.2) is 0 Å². The maximum absolute atomic E-state index is 3.71. The van der Waals surface area contributed by atoms with Crippen LogP contribution in [0.15, 0.2) is 15.9 Å². The van der Waals surface area contributed by atoms with Gasteiger partial charge in [0.05, 0.1) is 0 Å². The van der Waals surface area contributed by atoms with Gasteiger partial charge in [-0.15, -0.1) is 11.3 Å². The maximum Gasteiger partial charge on any atom is 0.0339 e. The molecule has 1 aliphatic heterocycles. The standard InChI is InChI=1S/C14H23BrN2S/c1-3-11(2)13-9-17(7-4-6-16-13)10-14-12(15)5-8-18-14/h5,8,11,13,16H,3-4,6-7,9-10H2,1-2H3. The molecule has 18 heavy (non-hydrogen) atoms. The van der Waals surface area contributed by atoms with Crippen molar-refractivity contribution in [1.82, 2.24) is 10.2 Å². The second-order valence-corrected chi connectivity index (χ2v) is 7.08. The van der Waals surface area contributed by atoms with Crippen molar-refractivity contribution in [1.29, 1.82) is 0 Å². The van der Waals surface area contributed by atoms with E-state index in [-0.39, 0.29) is 0 Å². The van der Waals surface area contributed by atoms with Crippen LogP contribution in [0.3, 0.4) is 0 Å². The minimum Gasteiger partial charge on any atom is -0.312 e. The summed E-state index contributed by atoms with van der Waals surface area (Å²) < 4.78 is 1.27. The molecule has 1 aromatic rings. The number of nitrogens with zero attached hydrogens (tertiary/aromatic N) is 1. The van der Waals surface area contributed by atoms with Crippen LogP contribution in [-0.4, -0.2) is 30.6 Å². The zero-order chi connectivity index (χ0) is 13.0. The second-order valence-electron chi connectivity index (χ2n) is 5.23. The zero-order valence-corrected chi connectivity index (χ0v) is 13.7. The van der Waals surface area contributed by atoms with E-state index in [2.05, 4.69) is 51.4 Å². The lowest BCUT2D eigenvalue weighted by atomic mass is 9.99. The summed E-state index contributed by atoms with van der Waals surface area (Å²) in [5.74, 6) is 0.761. The van der Waals surface area contributed by atoms with Crippen molar-refractivity contribution < 1.29 is 0 Å². The first-order chi connectivity index (χ1) is 8.70. The second kappa shape index (κ2) is 7.04. The van der Waals surface area contributed by atoms with Gasteiger partial charge in [0.2, 0.25) is 0 Å². The summed E-state index contributed by atoms with van der Waals surface area (Å²) in [5, 5.41) is 5.87. The van der Waals surface area contributed by atoms with Gasteiger partial charge in [0.15, 0.2) is 0 Å². The van der Waals surface area contributed by atoms with Gasteiger partial charge < -0.3 is 5.32 Å². The summed E-state index contributed by atoms with van der Waals surface area (Å²) >= 11 is 5.49. The van der Waals surface area contributed by atoms with Crippen molar-refractivity contribution in [3.8, 4) is 0 Å². The molecule has 0 aliphatic carbocycles. The Kier molecular flexibility index (Phi) is 5.67. The van der Waals surface area contributed by atoms with E-state index in [0.29, 0.717) is 6.04 Å². The highest BCUT2D eigenvalue weighted by molar-refractivity contribution is 9.10. The number of hydrogen-bond donors (Lipinski definition) is 1. The van der Waals surface area contributed by atoms with E-state index in [1.54, 1.807) is 0 Å². The third-order valence-electron chi connectivity index (χ3n) is 3.90. The van der Waals surface area contributed by atoms with E-state index in [4.69, 9.17) is 0 Å². The van der Waals surface area contributed by atoms with E-state index < -0.39 is 0 Å². The molecule has 1 aliphatic rings. The van der Waals surface area contributed by atoms with Gasteiger partial charge in [-0.3, -0.25) is 4.90 Å². The fourth-order valence-electron chi connectivity index (χ4n) is 2.47. The highest BCUT2D eigenvalue weighted by atomic mass is 79.9. The number of hydrogen-bond acceptors (Lipinski definition) is 3. The van der Waals surface area contributed by atoms with Crippen LogP contribution in [0.25, 0.3) is 0 Å². The Morgan fingerprint density at radius 1 is 1.61 bits per heavy atom. The average Bonchev–Trinajstić information content (AvgIpc) is 2.65. The quantitative estimate of drug-likeness (QED) is 0.905. The van der Waals surface area contributed by atoms with Crippen LogP contribution in [0.1, 0.15) is 31.6 Å². The van der Waals surface area contributed by atoms with Crippen LogP contribution >= 0.6 is 27.3 Å². The highest BCUT2D eigenvalue weighted by Gasteiger charge is 2.22. The van der Waals surface area contributed by atoms with E-state index in [1.165, 1.54) is 35.3 Å². The van der Waals surface area contributed by atoms with Crippen LogP contribution in [0, 0.1) is 5.92 Å². The van der Waals surface area contributed by atoms with Crippen LogP contribution in [0.5, 0.6) is 0 Å². The van der Waals surface area contributed by atoms with Crippen LogP contribution in [0.2, 0.25) is 0 Å². The van der Waals surface area contributed by atoms with Crippen LogP contribution in [0.4, 0.5) is 0 Å². The normalized spacial score (nSPS) is 23.8. The van der Waals surface area contributed by atoms with E-state index >= 15 is 0 Å². The largest absolute Gasteiger partial charge is 0.312 e. The summed E-state index contributed by atoms with van der Waals surface area (Å²) in [6.07, 6.45) is 2.52. The summed E-state index contributed by atoms with van der Waals surface area (Å²) in [6.45, 7) is 9.30. The van der Waals surface area contributed by atoms with Crippen LogP contribution < -0.4 is 5.32 Å². The maximum atomic E-state index is 3.71. The Hall–Kier alpha value is 0.1000. The van der Waals surface area contributed by atoms with Gasteiger partial charge in [-0.05, 0) is 52.8 Å². The van der Waals surface area contributed by atoms with Crippen molar-refractivity contribution in [3.05, 3.63) is 20.8 Å². The molecule has 4 heteroatoms. The van der Waals surface area contributed by atoms with Crippen molar-refractivity contribution in [3.63, 3.8) is 0 Å². The summed E-state index contributed by atoms with van der Waals surface area (Å²) in [6, 6.07) is 2.80.